The van der Waals surface area contributed by atoms with Crippen LogP contribution < -0.4 is 4.74 Å². The van der Waals surface area contributed by atoms with Gasteiger partial charge in [-0.15, -0.1) is 0 Å². The number of carbonyl (C=O) groups excluding carboxylic acids is 1. The fraction of sp³-hybridized carbons (Fsp3) is 0.421. The van der Waals surface area contributed by atoms with Crippen LogP contribution in [0, 0.1) is 6.92 Å². The Morgan fingerprint density at radius 3 is 2.83 bits per heavy atom. The maximum absolute atomic E-state index is 11.5. The van der Waals surface area contributed by atoms with Gasteiger partial charge in [-0.05, 0) is 31.2 Å². The topological polar surface area (TPSA) is 60.7 Å². The van der Waals surface area contributed by atoms with E-state index in [0.717, 1.165) is 29.2 Å². The minimum atomic E-state index is -0.587. The number of methoxy groups -OCH3 is 1. The molecule has 128 valence electrons. The van der Waals surface area contributed by atoms with Crippen LogP contribution in [0.1, 0.15) is 25.0 Å². The summed E-state index contributed by atoms with van der Waals surface area (Å²) in [7, 11) is 1.67. The van der Waals surface area contributed by atoms with Gasteiger partial charge in [0, 0.05) is 30.6 Å². The molecule has 1 aromatic carbocycles. The molecule has 0 aliphatic carbocycles. The highest BCUT2D eigenvalue weighted by atomic mass is 16.5. The molecule has 0 saturated carbocycles. The van der Waals surface area contributed by atoms with E-state index in [1.54, 1.807) is 7.11 Å². The molecular weight excluding hydrogens is 306 g/mol. The molecule has 2 aromatic rings. The molecule has 0 unspecified atom stereocenters. The Hall–Kier alpha value is -2.27. The highest BCUT2D eigenvalue weighted by molar-refractivity contribution is 5.71. The lowest BCUT2D eigenvalue weighted by Gasteiger charge is -2.26. The van der Waals surface area contributed by atoms with E-state index in [9.17, 15) is 9.90 Å². The first kappa shape index (κ1) is 16.6. The van der Waals surface area contributed by atoms with E-state index in [0.29, 0.717) is 12.8 Å². The summed E-state index contributed by atoms with van der Waals surface area (Å²) in [6.45, 7) is 2.78. The molecule has 1 saturated heterocycles. The summed E-state index contributed by atoms with van der Waals surface area (Å²) in [5.74, 6) is 0.518. The summed E-state index contributed by atoms with van der Waals surface area (Å²) in [5.41, 5.74) is 3.25. The minimum absolute atomic E-state index is 0.103. The summed E-state index contributed by atoms with van der Waals surface area (Å²) in [5, 5.41) is 9.74. The molecule has 5 heteroatoms. The predicted molar refractivity (Wildman–Crippen MR) is 90.9 cm³/mol. The number of hydrogen-bond donors (Lipinski definition) is 1. The van der Waals surface area contributed by atoms with Crippen molar-refractivity contribution in [2.45, 2.75) is 44.9 Å². The predicted octanol–water partition coefficient (Wildman–Crippen LogP) is 2.93. The van der Waals surface area contributed by atoms with Gasteiger partial charge in [0.1, 0.15) is 11.9 Å². The third kappa shape index (κ3) is 3.46. The Morgan fingerprint density at radius 2 is 2.08 bits per heavy atom. The number of benzene rings is 1. The Kier molecular flexibility index (Phi) is 4.90. The third-order valence-electron chi connectivity index (χ3n) is 4.49. The first-order valence-corrected chi connectivity index (χ1v) is 8.25. The van der Waals surface area contributed by atoms with E-state index in [1.165, 1.54) is 0 Å². The summed E-state index contributed by atoms with van der Waals surface area (Å²) >= 11 is 0. The van der Waals surface area contributed by atoms with Crippen molar-refractivity contribution in [1.82, 2.24) is 4.57 Å². The van der Waals surface area contributed by atoms with Crippen LogP contribution >= 0.6 is 0 Å². The second-order valence-electron chi connectivity index (χ2n) is 6.21. The Balaban J connectivity index is 1.79. The molecule has 2 heterocycles. The summed E-state index contributed by atoms with van der Waals surface area (Å²) in [6, 6.07) is 12.1. The number of hydrogen-bond acceptors (Lipinski definition) is 4. The van der Waals surface area contributed by atoms with E-state index in [-0.39, 0.29) is 18.5 Å². The summed E-state index contributed by atoms with van der Waals surface area (Å²) < 4.78 is 13.0. The van der Waals surface area contributed by atoms with Gasteiger partial charge in [-0.2, -0.15) is 0 Å². The molecule has 1 N–H and O–H groups in total. The number of cyclic esters (lactones) is 1. The number of aliphatic hydroxyl groups is 1. The second kappa shape index (κ2) is 7.09. The van der Waals surface area contributed by atoms with Gasteiger partial charge in [-0.3, -0.25) is 4.79 Å². The van der Waals surface area contributed by atoms with Crippen molar-refractivity contribution in [3.8, 4) is 17.0 Å². The molecule has 5 nitrogen and oxygen atoms in total. The SMILES string of the molecule is COc1ccccc1-c1ccc(C)n1CC[C@@H]1C[C@@H](O)CC(=O)O1. The van der Waals surface area contributed by atoms with E-state index < -0.39 is 6.10 Å². The van der Waals surface area contributed by atoms with Crippen LogP contribution in [0.5, 0.6) is 5.75 Å². The normalized spacial score (nSPS) is 20.7. The van der Waals surface area contributed by atoms with Crippen molar-refractivity contribution in [1.29, 1.82) is 0 Å². The molecule has 1 aromatic heterocycles. The smallest absolute Gasteiger partial charge is 0.308 e. The monoisotopic (exact) mass is 329 g/mol. The quantitative estimate of drug-likeness (QED) is 0.857. The largest absolute Gasteiger partial charge is 0.496 e. The molecule has 2 atom stereocenters. The van der Waals surface area contributed by atoms with Crippen LogP contribution in [0.25, 0.3) is 11.3 Å². The highest BCUT2D eigenvalue weighted by Gasteiger charge is 2.27. The van der Waals surface area contributed by atoms with Gasteiger partial charge in [0.05, 0.1) is 25.3 Å². The van der Waals surface area contributed by atoms with Crippen molar-refractivity contribution in [3.63, 3.8) is 0 Å². The molecule has 1 aliphatic rings. The second-order valence-corrected chi connectivity index (χ2v) is 6.21. The van der Waals surface area contributed by atoms with Crippen LogP contribution in [-0.4, -0.2) is 35.0 Å². The van der Waals surface area contributed by atoms with Gasteiger partial charge in [-0.25, -0.2) is 0 Å². The zero-order valence-electron chi connectivity index (χ0n) is 14.1. The molecule has 1 aliphatic heterocycles. The maximum atomic E-state index is 11.5. The number of nitrogens with zero attached hydrogens (tertiary/aromatic N) is 1. The van der Waals surface area contributed by atoms with Crippen LogP contribution in [0.15, 0.2) is 36.4 Å². The molecule has 0 spiro atoms. The average Bonchev–Trinajstić information content (AvgIpc) is 2.92. The third-order valence-corrected chi connectivity index (χ3v) is 4.49. The number of ether oxygens (including phenoxy) is 2. The molecule has 24 heavy (non-hydrogen) atoms. The summed E-state index contributed by atoms with van der Waals surface area (Å²) in [6.07, 6.45) is 0.478. The van der Waals surface area contributed by atoms with Gasteiger partial charge in [0.2, 0.25) is 0 Å². The minimum Gasteiger partial charge on any atom is -0.496 e. The van der Waals surface area contributed by atoms with Crippen molar-refractivity contribution in [3.05, 3.63) is 42.1 Å². The summed E-state index contributed by atoms with van der Waals surface area (Å²) in [4.78, 5) is 11.5. The van der Waals surface area contributed by atoms with Crippen LogP contribution in [-0.2, 0) is 16.1 Å². The lowest BCUT2D eigenvalue weighted by molar-refractivity contribution is -0.160. The fourth-order valence-electron chi connectivity index (χ4n) is 3.27. The number of rotatable bonds is 5. The molecule has 0 radical (unpaired) electrons. The lowest BCUT2D eigenvalue weighted by Crippen LogP contribution is -2.33. The molecular formula is C19H23NO4. The van der Waals surface area contributed by atoms with Gasteiger partial charge in [0.25, 0.3) is 0 Å². The number of para-hydroxylation sites is 1. The van der Waals surface area contributed by atoms with E-state index in [2.05, 4.69) is 23.6 Å². The van der Waals surface area contributed by atoms with Gasteiger partial charge >= 0.3 is 5.97 Å². The van der Waals surface area contributed by atoms with Crippen molar-refractivity contribution < 1.29 is 19.4 Å². The van der Waals surface area contributed by atoms with Crippen molar-refractivity contribution in [2.24, 2.45) is 0 Å². The van der Waals surface area contributed by atoms with Crippen molar-refractivity contribution >= 4 is 5.97 Å². The lowest BCUT2D eigenvalue weighted by atomic mass is 10.0. The Labute approximate surface area is 141 Å². The van der Waals surface area contributed by atoms with Crippen LogP contribution in [0.4, 0.5) is 0 Å². The number of aromatic nitrogens is 1. The maximum Gasteiger partial charge on any atom is 0.308 e. The molecule has 0 amide bonds. The average molecular weight is 329 g/mol. The molecule has 1 fully saturated rings. The molecule has 3 rings (SSSR count). The Morgan fingerprint density at radius 1 is 1.29 bits per heavy atom. The van der Waals surface area contributed by atoms with Crippen LogP contribution in [0.2, 0.25) is 0 Å². The van der Waals surface area contributed by atoms with E-state index >= 15 is 0 Å². The van der Waals surface area contributed by atoms with E-state index in [1.807, 2.05) is 24.3 Å². The standard InChI is InChI=1S/C19H23NO4/c1-13-7-8-17(16-5-3-4-6-18(16)23-2)20(13)10-9-15-11-14(21)12-19(22)24-15/h3-8,14-15,21H,9-12H2,1-2H3/t14-,15-/m1/s1. The van der Waals surface area contributed by atoms with Crippen LogP contribution in [0.3, 0.4) is 0 Å². The van der Waals surface area contributed by atoms with Crippen molar-refractivity contribution in [2.75, 3.05) is 7.11 Å². The Bertz CT molecular complexity index is 722. The zero-order chi connectivity index (χ0) is 17.1. The number of aryl methyl sites for hydroxylation is 1. The fourth-order valence-corrected chi connectivity index (χ4v) is 3.27. The first-order chi connectivity index (χ1) is 11.6. The number of aliphatic hydroxyl groups excluding tert-OH is 1. The number of esters is 1. The first-order valence-electron chi connectivity index (χ1n) is 8.25. The van der Waals surface area contributed by atoms with Gasteiger partial charge < -0.3 is 19.1 Å². The van der Waals surface area contributed by atoms with Gasteiger partial charge in [-0.1, -0.05) is 12.1 Å². The zero-order valence-corrected chi connectivity index (χ0v) is 14.1. The van der Waals surface area contributed by atoms with E-state index in [4.69, 9.17) is 9.47 Å². The number of carbonyl (C=O) groups is 1. The van der Waals surface area contributed by atoms with Gasteiger partial charge in [0.15, 0.2) is 0 Å². The highest BCUT2D eigenvalue weighted by Crippen LogP contribution is 2.31. The molecule has 0 bridgehead atoms.